The van der Waals surface area contributed by atoms with Gasteiger partial charge in [-0.3, -0.25) is 9.59 Å². The largest absolute Gasteiger partial charge is 0.480 e. The summed E-state index contributed by atoms with van der Waals surface area (Å²) in [6.07, 6.45) is 0.872. The third kappa shape index (κ3) is 7.26. The van der Waals surface area contributed by atoms with Gasteiger partial charge >= 0.3 is 5.97 Å². The maximum Gasteiger partial charge on any atom is 0.326 e. The molecule has 0 bridgehead atoms. The number of benzene rings is 1. The fraction of sp³-hybridized carbons (Fsp3) is 0.500. The van der Waals surface area contributed by atoms with Gasteiger partial charge in [0.25, 0.3) is 0 Å². The highest BCUT2D eigenvalue weighted by Gasteiger charge is 2.21. The summed E-state index contributed by atoms with van der Waals surface area (Å²) in [6, 6.07) is 8.20. The molecule has 2 amide bonds. The Morgan fingerprint density at radius 1 is 1.12 bits per heavy atom. The monoisotopic (exact) mass is 334 g/mol. The van der Waals surface area contributed by atoms with Gasteiger partial charge in [0.05, 0.1) is 0 Å². The molecule has 0 spiro atoms. The van der Waals surface area contributed by atoms with Gasteiger partial charge in [-0.2, -0.15) is 0 Å². The van der Waals surface area contributed by atoms with Crippen molar-refractivity contribution >= 4 is 17.8 Å². The Morgan fingerprint density at radius 2 is 1.75 bits per heavy atom. The number of hydrogen-bond acceptors (Lipinski definition) is 3. The molecule has 0 saturated carbocycles. The summed E-state index contributed by atoms with van der Waals surface area (Å²) >= 11 is 0. The van der Waals surface area contributed by atoms with E-state index in [1.54, 1.807) is 0 Å². The van der Waals surface area contributed by atoms with Crippen LogP contribution in [0.4, 0.5) is 0 Å². The third-order valence-corrected chi connectivity index (χ3v) is 3.46. The number of carbonyl (C=O) groups excluding carboxylic acids is 2. The lowest BCUT2D eigenvalue weighted by Crippen LogP contribution is -2.42. The van der Waals surface area contributed by atoms with E-state index in [0.29, 0.717) is 13.0 Å². The van der Waals surface area contributed by atoms with Crippen molar-refractivity contribution in [3.63, 3.8) is 0 Å². The Kier molecular flexibility index (Phi) is 7.42. The standard InChI is InChI=1S/C18H26N2O4/c1-18(2,3)17(24)19-11-7-10-15(21)20-14(16(22)23)12-13-8-5-4-6-9-13/h4-6,8-9,14H,7,10-12H2,1-3H3,(H,19,24)(H,20,21)(H,22,23)/t14-/m1/s1. The number of nitrogens with one attached hydrogen (secondary N) is 2. The zero-order valence-electron chi connectivity index (χ0n) is 14.5. The van der Waals surface area contributed by atoms with Crippen LogP contribution in [0, 0.1) is 5.41 Å². The van der Waals surface area contributed by atoms with E-state index in [-0.39, 0.29) is 24.7 Å². The number of rotatable bonds is 8. The Labute approximate surface area is 142 Å². The van der Waals surface area contributed by atoms with E-state index in [1.807, 2.05) is 51.1 Å². The van der Waals surface area contributed by atoms with Crippen molar-refractivity contribution in [2.45, 2.75) is 46.1 Å². The lowest BCUT2D eigenvalue weighted by molar-refractivity contribution is -0.141. The number of carboxylic acids is 1. The van der Waals surface area contributed by atoms with Crippen molar-refractivity contribution in [1.82, 2.24) is 10.6 Å². The van der Waals surface area contributed by atoms with E-state index < -0.39 is 17.4 Å². The van der Waals surface area contributed by atoms with E-state index in [1.165, 1.54) is 0 Å². The van der Waals surface area contributed by atoms with Gasteiger partial charge in [0, 0.05) is 24.8 Å². The Bertz CT molecular complexity index is 564. The molecule has 3 N–H and O–H groups in total. The van der Waals surface area contributed by atoms with E-state index in [9.17, 15) is 19.5 Å². The molecule has 0 aliphatic heterocycles. The summed E-state index contributed by atoms with van der Waals surface area (Å²) in [5, 5.41) is 14.5. The van der Waals surface area contributed by atoms with Crippen LogP contribution in [-0.2, 0) is 20.8 Å². The van der Waals surface area contributed by atoms with E-state index in [2.05, 4.69) is 10.6 Å². The number of aliphatic carboxylic acids is 1. The number of carbonyl (C=O) groups is 3. The normalized spacial score (nSPS) is 12.3. The molecular weight excluding hydrogens is 308 g/mol. The summed E-state index contributed by atoms with van der Waals surface area (Å²) in [5.74, 6) is -1.47. The first-order valence-corrected chi connectivity index (χ1v) is 8.04. The fourth-order valence-corrected chi connectivity index (χ4v) is 2.03. The quantitative estimate of drug-likeness (QED) is 0.631. The molecule has 0 heterocycles. The van der Waals surface area contributed by atoms with Gasteiger partial charge in [-0.05, 0) is 12.0 Å². The topological polar surface area (TPSA) is 95.5 Å². The van der Waals surface area contributed by atoms with E-state index >= 15 is 0 Å². The molecule has 6 heteroatoms. The van der Waals surface area contributed by atoms with Gasteiger partial charge in [0.1, 0.15) is 6.04 Å². The van der Waals surface area contributed by atoms with Gasteiger partial charge in [-0.25, -0.2) is 4.79 Å². The van der Waals surface area contributed by atoms with Crippen LogP contribution in [0.1, 0.15) is 39.2 Å². The number of amides is 2. The summed E-state index contributed by atoms with van der Waals surface area (Å²) in [6.45, 7) is 5.84. The van der Waals surface area contributed by atoms with Crippen molar-refractivity contribution < 1.29 is 19.5 Å². The van der Waals surface area contributed by atoms with Gasteiger partial charge in [-0.1, -0.05) is 51.1 Å². The molecule has 0 fully saturated rings. The molecule has 0 unspecified atom stereocenters. The van der Waals surface area contributed by atoms with Crippen molar-refractivity contribution in [2.75, 3.05) is 6.54 Å². The molecule has 0 aliphatic carbocycles. The van der Waals surface area contributed by atoms with Crippen LogP contribution in [0.3, 0.4) is 0 Å². The molecule has 1 aromatic carbocycles. The Hall–Kier alpha value is -2.37. The second kappa shape index (κ2) is 9.05. The second-order valence-electron chi connectivity index (χ2n) is 6.76. The highest BCUT2D eigenvalue weighted by molar-refractivity contribution is 5.84. The van der Waals surface area contributed by atoms with Gasteiger partial charge in [0.15, 0.2) is 0 Å². The van der Waals surface area contributed by atoms with Gasteiger partial charge in [-0.15, -0.1) is 0 Å². The minimum absolute atomic E-state index is 0.0737. The minimum atomic E-state index is -1.06. The van der Waals surface area contributed by atoms with Crippen LogP contribution in [0.25, 0.3) is 0 Å². The smallest absolute Gasteiger partial charge is 0.326 e. The maximum absolute atomic E-state index is 11.9. The number of carboxylic acid groups (broad SMARTS) is 1. The Morgan fingerprint density at radius 3 is 2.29 bits per heavy atom. The van der Waals surface area contributed by atoms with Crippen LogP contribution in [0.15, 0.2) is 30.3 Å². The average Bonchev–Trinajstić information content (AvgIpc) is 2.50. The van der Waals surface area contributed by atoms with Gasteiger partial charge < -0.3 is 15.7 Å². The first kappa shape index (κ1) is 19.7. The van der Waals surface area contributed by atoms with Crippen LogP contribution in [0.5, 0.6) is 0 Å². The van der Waals surface area contributed by atoms with Crippen molar-refractivity contribution in [3.05, 3.63) is 35.9 Å². The molecule has 1 rings (SSSR count). The predicted molar refractivity (Wildman–Crippen MR) is 91.4 cm³/mol. The summed E-state index contributed by atoms with van der Waals surface area (Å²) < 4.78 is 0. The van der Waals surface area contributed by atoms with Crippen molar-refractivity contribution in [2.24, 2.45) is 5.41 Å². The maximum atomic E-state index is 11.9. The molecule has 132 valence electrons. The summed E-state index contributed by atoms with van der Waals surface area (Å²) in [7, 11) is 0. The van der Waals surface area contributed by atoms with Crippen LogP contribution >= 0.6 is 0 Å². The van der Waals surface area contributed by atoms with Crippen LogP contribution in [-0.4, -0.2) is 35.5 Å². The zero-order chi connectivity index (χ0) is 18.2. The molecule has 0 aromatic heterocycles. The lowest BCUT2D eigenvalue weighted by Gasteiger charge is -2.18. The minimum Gasteiger partial charge on any atom is -0.480 e. The molecule has 24 heavy (non-hydrogen) atoms. The molecule has 1 aromatic rings. The molecule has 0 saturated heterocycles. The van der Waals surface area contributed by atoms with Crippen molar-refractivity contribution in [1.29, 1.82) is 0 Å². The molecular formula is C18H26N2O4. The SMILES string of the molecule is CC(C)(C)C(=O)NCCCC(=O)N[C@H](Cc1ccccc1)C(=O)O. The number of hydrogen-bond donors (Lipinski definition) is 3. The van der Waals surface area contributed by atoms with Crippen LogP contribution < -0.4 is 10.6 Å². The molecule has 1 atom stereocenters. The first-order chi connectivity index (χ1) is 11.2. The van der Waals surface area contributed by atoms with E-state index in [0.717, 1.165) is 5.56 Å². The summed E-state index contributed by atoms with van der Waals surface area (Å²) in [4.78, 5) is 34.9. The van der Waals surface area contributed by atoms with Crippen LogP contribution in [0.2, 0.25) is 0 Å². The van der Waals surface area contributed by atoms with Crippen molar-refractivity contribution in [3.8, 4) is 0 Å². The first-order valence-electron chi connectivity index (χ1n) is 8.04. The zero-order valence-corrected chi connectivity index (χ0v) is 14.5. The molecule has 0 aliphatic rings. The lowest BCUT2D eigenvalue weighted by atomic mass is 9.96. The third-order valence-electron chi connectivity index (χ3n) is 3.46. The molecule has 6 nitrogen and oxygen atoms in total. The Balaban J connectivity index is 2.38. The molecule has 0 radical (unpaired) electrons. The second-order valence-corrected chi connectivity index (χ2v) is 6.76. The van der Waals surface area contributed by atoms with Gasteiger partial charge in [0.2, 0.25) is 11.8 Å². The average molecular weight is 334 g/mol. The highest BCUT2D eigenvalue weighted by Crippen LogP contribution is 2.12. The fourth-order valence-electron chi connectivity index (χ4n) is 2.03. The summed E-state index contributed by atoms with van der Waals surface area (Å²) in [5.41, 5.74) is 0.384. The van der Waals surface area contributed by atoms with E-state index in [4.69, 9.17) is 0 Å². The highest BCUT2D eigenvalue weighted by atomic mass is 16.4. The predicted octanol–water partition coefficient (Wildman–Crippen LogP) is 1.74.